The van der Waals surface area contributed by atoms with Crippen molar-refractivity contribution in [1.82, 2.24) is 14.6 Å². The van der Waals surface area contributed by atoms with Gasteiger partial charge in [-0.15, -0.1) is 0 Å². The minimum absolute atomic E-state index is 0.182. The molecule has 36 heavy (non-hydrogen) atoms. The number of ether oxygens (including phenoxy) is 1. The molecule has 184 valence electrons. The number of aryl methyl sites for hydroxylation is 2. The monoisotopic (exact) mass is 486 g/mol. The topological polar surface area (TPSA) is 141 Å². The van der Waals surface area contributed by atoms with Crippen molar-refractivity contribution in [3.8, 4) is 5.75 Å². The van der Waals surface area contributed by atoms with Crippen LogP contribution < -0.4 is 21.1 Å². The number of nitrogens with two attached hydrogens (primary N) is 1. The summed E-state index contributed by atoms with van der Waals surface area (Å²) in [6.07, 6.45) is 2.06. The summed E-state index contributed by atoms with van der Waals surface area (Å²) in [5.74, 6) is -0.495. The molecule has 0 bridgehead atoms. The Morgan fingerprint density at radius 1 is 1.03 bits per heavy atom. The van der Waals surface area contributed by atoms with Gasteiger partial charge in [0.2, 0.25) is 5.91 Å². The molecule has 2 aromatic carbocycles. The third-order valence-corrected chi connectivity index (χ3v) is 5.86. The van der Waals surface area contributed by atoms with Crippen molar-refractivity contribution in [2.24, 2.45) is 5.73 Å². The molecule has 0 radical (unpaired) electrons. The van der Waals surface area contributed by atoms with Crippen LogP contribution >= 0.6 is 0 Å². The maximum absolute atomic E-state index is 12.6. The molecule has 0 aliphatic heterocycles. The van der Waals surface area contributed by atoms with Crippen LogP contribution in [0.15, 0.2) is 54.7 Å². The molecule has 3 amide bonds. The van der Waals surface area contributed by atoms with Crippen LogP contribution in [0.2, 0.25) is 0 Å². The van der Waals surface area contributed by atoms with Crippen LogP contribution in [0.25, 0.3) is 5.65 Å². The summed E-state index contributed by atoms with van der Waals surface area (Å²) in [5, 5.41) is 9.87. The van der Waals surface area contributed by atoms with E-state index in [9.17, 15) is 14.4 Å². The van der Waals surface area contributed by atoms with Crippen LogP contribution in [0.4, 0.5) is 11.4 Å². The Labute approximate surface area is 207 Å². The van der Waals surface area contributed by atoms with E-state index in [4.69, 9.17) is 10.5 Å². The number of fused-ring (bicyclic) bond motifs is 1. The number of carbonyl (C=O) groups excluding carboxylic acids is 3. The molecular weight excluding hydrogens is 460 g/mol. The molecule has 10 nitrogen and oxygen atoms in total. The molecule has 0 aliphatic carbocycles. The number of primary amides is 1. The summed E-state index contributed by atoms with van der Waals surface area (Å²) in [5.41, 5.74) is 10.0. The zero-order valence-corrected chi connectivity index (χ0v) is 20.2. The number of rotatable bonds is 8. The van der Waals surface area contributed by atoms with Gasteiger partial charge in [0.25, 0.3) is 11.8 Å². The molecule has 0 saturated carbocycles. The van der Waals surface area contributed by atoms with Crippen LogP contribution in [-0.4, -0.2) is 39.4 Å². The molecule has 10 heteroatoms. The Bertz CT molecular complexity index is 1460. The van der Waals surface area contributed by atoms with Gasteiger partial charge in [-0.05, 0) is 62.2 Å². The van der Waals surface area contributed by atoms with Crippen molar-refractivity contribution in [1.29, 1.82) is 0 Å². The Kier molecular flexibility index (Phi) is 6.95. The number of benzene rings is 2. The highest BCUT2D eigenvalue weighted by Gasteiger charge is 2.17. The maximum Gasteiger partial charge on any atom is 0.255 e. The highest BCUT2D eigenvalue weighted by Crippen LogP contribution is 2.24. The standard InChI is InChI=1S/C26H26N6O4/c1-15-19(16(2)32-25(29-15)20(14-28-32)24(27)34)12-13-23(33)30-18-10-8-17(9-11-18)26(35)31-21-6-4-5-7-22(21)36-3/h4-11,14H,12-13H2,1-3H3,(H2,27,34)(H,30,33)(H,31,35). The molecule has 2 aromatic heterocycles. The summed E-state index contributed by atoms with van der Waals surface area (Å²) in [7, 11) is 1.54. The van der Waals surface area contributed by atoms with E-state index in [0.29, 0.717) is 40.4 Å². The summed E-state index contributed by atoms with van der Waals surface area (Å²) in [6.45, 7) is 3.69. The lowest BCUT2D eigenvalue weighted by atomic mass is 10.1. The molecule has 0 unspecified atom stereocenters. The Balaban J connectivity index is 1.38. The van der Waals surface area contributed by atoms with Gasteiger partial charge < -0.3 is 21.1 Å². The third kappa shape index (κ3) is 5.02. The van der Waals surface area contributed by atoms with Crippen molar-refractivity contribution >= 4 is 34.7 Å². The number of carbonyl (C=O) groups is 3. The van der Waals surface area contributed by atoms with Crippen LogP contribution in [0.3, 0.4) is 0 Å². The number of nitrogens with one attached hydrogen (secondary N) is 2. The largest absolute Gasteiger partial charge is 0.495 e. The first-order valence-corrected chi connectivity index (χ1v) is 11.3. The van der Waals surface area contributed by atoms with E-state index in [1.54, 1.807) is 47.0 Å². The van der Waals surface area contributed by atoms with Gasteiger partial charge >= 0.3 is 0 Å². The fraction of sp³-hybridized carbons (Fsp3) is 0.192. The van der Waals surface area contributed by atoms with Crippen molar-refractivity contribution in [2.45, 2.75) is 26.7 Å². The van der Waals surface area contributed by atoms with E-state index in [2.05, 4.69) is 20.7 Å². The molecule has 0 spiro atoms. The third-order valence-electron chi connectivity index (χ3n) is 5.86. The highest BCUT2D eigenvalue weighted by molar-refractivity contribution is 6.05. The van der Waals surface area contributed by atoms with E-state index in [-0.39, 0.29) is 23.8 Å². The van der Waals surface area contributed by atoms with E-state index >= 15 is 0 Å². The number of hydrogen-bond donors (Lipinski definition) is 3. The van der Waals surface area contributed by atoms with Crippen molar-refractivity contribution < 1.29 is 19.1 Å². The average Bonchev–Trinajstić information content (AvgIpc) is 3.29. The van der Waals surface area contributed by atoms with Gasteiger partial charge in [-0.1, -0.05) is 12.1 Å². The first-order valence-electron chi connectivity index (χ1n) is 11.3. The average molecular weight is 487 g/mol. The van der Waals surface area contributed by atoms with Gasteiger partial charge in [0.1, 0.15) is 11.3 Å². The number of anilines is 2. The molecular formula is C26H26N6O4. The van der Waals surface area contributed by atoms with Crippen LogP contribution in [-0.2, 0) is 11.2 Å². The fourth-order valence-corrected chi connectivity index (χ4v) is 3.96. The maximum atomic E-state index is 12.6. The van der Waals surface area contributed by atoms with Gasteiger partial charge in [-0.25, -0.2) is 9.50 Å². The van der Waals surface area contributed by atoms with E-state index in [0.717, 1.165) is 11.3 Å². The fourth-order valence-electron chi connectivity index (χ4n) is 3.96. The van der Waals surface area contributed by atoms with Crippen molar-refractivity contribution in [2.75, 3.05) is 17.7 Å². The molecule has 0 fully saturated rings. The predicted molar refractivity (Wildman–Crippen MR) is 135 cm³/mol. The zero-order valence-electron chi connectivity index (χ0n) is 20.2. The molecule has 4 N–H and O–H groups in total. The summed E-state index contributed by atoms with van der Waals surface area (Å²) >= 11 is 0. The zero-order chi connectivity index (χ0) is 25.8. The Hall–Kier alpha value is -4.73. The Morgan fingerprint density at radius 3 is 2.44 bits per heavy atom. The minimum Gasteiger partial charge on any atom is -0.495 e. The van der Waals surface area contributed by atoms with Gasteiger partial charge in [0.15, 0.2) is 5.65 Å². The number of aromatic nitrogens is 3. The minimum atomic E-state index is -0.591. The molecule has 2 heterocycles. The molecule has 4 rings (SSSR count). The van der Waals surface area contributed by atoms with Crippen molar-refractivity contribution in [3.05, 3.63) is 82.8 Å². The number of para-hydroxylation sites is 2. The lowest BCUT2D eigenvalue weighted by Gasteiger charge is -2.12. The first-order chi connectivity index (χ1) is 17.3. The quantitative estimate of drug-likeness (QED) is 0.349. The molecule has 0 saturated heterocycles. The lowest BCUT2D eigenvalue weighted by Crippen LogP contribution is -2.16. The van der Waals surface area contributed by atoms with E-state index < -0.39 is 5.91 Å². The molecule has 0 atom stereocenters. The van der Waals surface area contributed by atoms with Gasteiger partial charge in [0.05, 0.1) is 19.0 Å². The lowest BCUT2D eigenvalue weighted by molar-refractivity contribution is -0.116. The first kappa shape index (κ1) is 24.4. The summed E-state index contributed by atoms with van der Waals surface area (Å²) in [4.78, 5) is 41.2. The predicted octanol–water partition coefficient (Wildman–Crippen LogP) is 3.28. The van der Waals surface area contributed by atoms with Crippen LogP contribution in [0.1, 0.15) is 44.1 Å². The van der Waals surface area contributed by atoms with Crippen molar-refractivity contribution in [3.63, 3.8) is 0 Å². The SMILES string of the molecule is COc1ccccc1NC(=O)c1ccc(NC(=O)CCc2c(C)nc3c(C(N)=O)cnn3c2C)cc1. The molecule has 0 aliphatic rings. The molecule has 4 aromatic rings. The smallest absolute Gasteiger partial charge is 0.255 e. The van der Waals surface area contributed by atoms with Gasteiger partial charge in [0, 0.05) is 29.1 Å². The number of hydrogen-bond acceptors (Lipinski definition) is 6. The summed E-state index contributed by atoms with van der Waals surface area (Å²) in [6, 6.07) is 13.8. The van der Waals surface area contributed by atoms with Crippen LogP contribution in [0, 0.1) is 13.8 Å². The summed E-state index contributed by atoms with van der Waals surface area (Å²) < 4.78 is 6.82. The van der Waals surface area contributed by atoms with Gasteiger partial charge in [-0.2, -0.15) is 5.10 Å². The van der Waals surface area contributed by atoms with E-state index in [1.165, 1.54) is 13.3 Å². The second kappa shape index (κ2) is 10.3. The Morgan fingerprint density at radius 2 is 1.75 bits per heavy atom. The number of amides is 3. The highest BCUT2D eigenvalue weighted by atomic mass is 16.5. The van der Waals surface area contributed by atoms with Gasteiger partial charge in [-0.3, -0.25) is 14.4 Å². The number of nitrogens with zero attached hydrogens (tertiary/aromatic N) is 3. The normalized spacial score (nSPS) is 10.8. The van der Waals surface area contributed by atoms with E-state index in [1.807, 2.05) is 19.9 Å². The van der Waals surface area contributed by atoms with Crippen LogP contribution in [0.5, 0.6) is 5.75 Å². The number of methoxy groups -OCH3 is 1. The second-order valence-corrected chi connectivity index (χ2v) is 8.20. The second-order valence-electron chi connectivity index (χ2n) is 8.20.